The molecular formula is C14H25F2IO2. The second-order valence-electron chi connectivity index (χ2n) is 5.30. The van der Waals surface area contributed by atoms with Gasteiger partial charge >= 0.3 is 11.9 Å². The van der Waals surface area contributed by atoms with Crippen LogP contribution in [0.15, 0.2) is 0 Å². The fourth-order valence-electron chi connectivity index (χ4n) is 2.05. The summed E-state index contributed by atoms with van der Waals surface area (Å²) in [6.07, 6.45) is 7.06. The lowest BCUT2D eigenvalue weighted by molar-refractivity contribution is -0.170. The van der Waals surface area contributed by atoms with E-state index in [1.165, 1.54) is 19.3 Å². The van der Waals surface area contributed by atoms with Crippen LogP contribution in [-0.4, -0.2) is 22.4 Å². The third-order valence-corrected chi connectivity index (χ3v) is 4.05. The molecule has 0 radical (unpaired) electrons. The van der Waals surface area contributed by atoms with E-state index in [0.717, 1.165) is 26.4 Å². The van der Waals surface area contributed by atoms with Crippen LogP contribution >= 0.6 is 22.6 Å². The molecule has 0 saturated heterocycles. The van der Waals surface area contributed by atoms with E-state index in [0.29, 0.717) is 6.42 Å². The van der Waals surface area contributed by atoms with Crippen LogP contribution in [-0.2, 0) is 9.53 Å². The second kappa shape index (κ2) is 9.08. The van der Waals surface area contributed by atoms with E-state index >= 15 is 0 Å². The maximum atomic E-state index is 13.5. The fraction of sp³-hybridized carbons (Fsp3) is 0.929. The molecule has 0 saturated carbocycles. The van der Waals surface area contributed by atoms with Gasteiger partial charge in [-0.3, -0.25) is 0 Å². The molecule has 0 bridgehead atoms. The quantitative estimate of drug-likeness (QED) is 0.224. The Morgan fingerprint density at radius 3 is 2.21 bits per heavy atom. The maximum Gasteiger partial charge on any atom is 0.376 e. The Hall–Kier alpha value is 0.0600. The highest BCUT2D eigenvalue weighted by Crippen LogP contribution is 2.37. The molecule has 0 aromatic rings. The number of unbranched alkanes of at least 4 members (excludes halogenated alkanes) is 5. The van der Waals surface area contributed by atoms with Crippen LogP contribution in [0.3, 0.4) is 0 Å². The average molecular weight is 390 g/mol. The lowest BCUT2D eigenvalue weighted by Gasteiger charge is -2.26. The van der Waals surface area contributed by atoms with Crippen LogP contribution in [0.25, 0.3) is 0 Å². The molecular weight excluding hydrogens is 365 g/mol. The van der Waals surface area contributed by atoms with Crippen molar-refractivity contribution in [1.82, 2.24) is 0 Å². The molecule has 1 atom stereocenters. The molecule has 2 nitrogen and oxygen atoms in total. The summed E-state index contributed by atoms with van der Waals surface area (Å²) in [6.45, 7) is 3.94. The Kier molecular flexibility index (Phi) is 9.11. The number of hydrogen-bond donors (Lipinski definition) is 0. The maximum absolute atomic E-state index is 13.5. The van der Waals surface area contributed by atoms with Crippen LogP contribution in [0.1, 0.15) is 65.2 Å². The molecule has 0 aromatic heterocycles. The minimum absolute atomic E-state index is 0.456. The van der Waals surface area contributed by atoms with Gasteiger partial charge < -0.3 is 4.74 Å². The summed E-state index contributed by atoms with van der Waals surface area (Å²) in [6, 6.07) is 0. The smallest absolute Gasteiger partial charge is 0.376 e. The van der Waals surface area contributed by atoms with E-state index in [1.807, 2.05) is 22.6 Å². The number of carbonyl (C=O) groups excluding carboxylic acids is 1. The average Bonchev–Trinajstić information content (AvgIpc) is 2.31. The first kappa shape index (κ1) is 19.1. The fourth-order valence-corrected chi connectivity index (χ4v) is 2.91. The molecule has 0 amide bonds. The molecule has 0 fully saturated rings. The van der Waals surface area contributed by atoms with Crippen molar-refractivity contribution in [3.05, 3.63) is 0 Å². The van der Waals surface area contributed by atoms with Crippen LogP contribution in [0, 0.1) is 0 Å². The number of halogens is 3. The summed E-state index contributed by atoms with van der Waals surface area (Å²) in [5.41, 5.74) is 0. The van der Waals surface area contributed by atoms with Crippen molar-refractivity contribution < 1.29 is 18.3 Å². The number of alkyl halides is 3. The van der Waals surface area contributed by atoms with Gasteiger partial charge in [-0.15, -0.1) is 0 Å². The Morgan fingerprint density at radius 2 is 1.68 bits per heavy atom. The largest absolute Gasteiger partial charge is 0.465 e. The third-order valence-electron chi connectivity index (χ3n) is 3.13. The summed E-state index contributed by atoms with van der Waals surface area (Å²) in [5.74, 6) is -4.81. The lowest BCUT2D eigenvalue weighted by Crippen LogP contribution is -2.36. The van der Waals surface area contributed by atoms with Crippen LogP contribution in [0.2, 0.25) is 0 Å². The highest BCUT2D eigenvalue weighted by atomic mass is 127. The van der Waals surface area contributed by atoms with Gasteiger partial charge in [0.05, 0.1) is 7.11 Å². The standard InChI is InChI=1S/C14H25F2IO2/c1-4-5-6-7-8-9-10-13(2,17)11-14(15,16)12(18)19-3/h4-11H2,1-3H3. The van der Waals surface area contributed by atoms with Crippen molar-refractivity contribution in [3.63, 3.8) is 0 Å². The monoisotopic (exact) mass is 390 g/mol. The van der Waals surface area contributed by atoms with Crippen molar-refractivity contribution in [2.24, 2.45) is 0 Å². The zero-order chi connectivity index (χ0) is 14.9. The molecule has 0 heterocycles. The Bertz CT molecular complexity index is 268. The van der Waals surface area contributed by atoms with E-state index < -0.39 is 21.7 Å². The van der Waals surface area contributed by atoms with Gasteiger partial charge in [-0.1, -0.05) is 75.0 Å². The topological polar surface area (TPSA) is 26.3 Å². The van der Waals surface area contributed by atoms with Gasteiger partial charge in [0.25, 0.3) is 0 Å². The molecule has 0 aliphatic rings. The second-order valence-corrected chi connectivity index (χ2v) is 7.91. The van der Waals surface area contributed by atoms with Crippen molar-refractivity contribution in [3.8, 4) is 0 Å². The summed E-state index contributed by atoms with van der Waals surface area (Å²) < 4.78 is 30.6. The number of esters is 1. The number of rotatable bonds is 10. The summed E-state index contributed by atoms with van der Waals surface area (Å²) in [5, 5.41) is 0. The van der Waals surface area contributed by atoms with E-state index in [9.17, 15) is 13.6 Å². The molecule has 0 aliphatic carbocycles. The minimum Gasteiger partial charge on any atom is -0.465 e. The first-order valence-corrected chi connectivity index (χ1v) is 7.98. The van der Waals surface area contributed by atoms with Crippen LogP contribution in [0.4, 0.5) is 8.78 Å². The Balaban J connectivity index is 4.00. The molecule has 0 rings (SSSR count). The minimum atomic E-state index is -3.38. The van der Waals surface area contributed by atoms with E-state index in [1.54, 1.807) is 6.92 Å². The number of methoxy groups -OCH3 is 1. The summed E-state index contributed by atoms with van der Waals surface area (Å²) in [4.78, 5) is 11.0. The lowest BCUT2D eigenvalue weighted by atomic mass is 9.95. The highest BCUT2D eigenvalue weighted by molar-refractivity contribution is 14.1. The zero-order valence-electron chi connectivity index (χ0n) is 12.1. The zero-order valence-corrected chi connectivity index (χ0v) is 14.3. The number of ether oxygens (including phenoxy) is 1. The van der Waals surface area contributed by atoms with Gasteiger partial charge in [-0.05, 0) is 6.42 Å². The first-order chi connectivity index (χ1) is 8.75. The molecule has 0 aliphatic heterocycles. The molecule has 5 heteroatoms. The SMILES string of the molecule is CCCCCCCCC(C)(I)CC(F)(F)C(=O)OC. The molecule has 0 N–H and O–H groups in total. The van der Waals surface area contributed by atoms with Gasteiger partial charge in [-0.25, -0.2) is 4.79 Å². The van der Waals surface area contributed by atoms with E-state index in [4.69, 9.17) is 0 Å². The molecule has 114 valence electrons. The van der Waals surface area contributed by atoms with Crippen molar-refractivity contribution in [1.29, 1.82) is 0 Å². The van der Waals surface area contributed by atoms with Crippen molar-refractivity contribution >= 4 is 28.6 Å². The molecule has 19 heavy (non-hydrogen) atoms. The Morgan fingerprint density at radius 1 is 1.16 bits per heavy atom. The van der Waals surface area contributed by atoms with Gasteiger partial charge in [-0.2, -0.15) is 8.78 Å². The van der Waals surface area contributed by atoms with Crippen molar-refractivity contribution in [2.45, 2.75) is 74.6 Å². The molecule has 1 unspecified atom stereocenters. The normalized spacial score (nSPS) is 15.1. The highest BCUT2D eigenvalue weighted by Gasteiger charge is 2.45. The predicted molar refractivity (Wildman–Crippen MR) is 82.0 cm³/mol. The summed E-state index contributed by atoms with van der Waals surface area (Å²) >= 11 is 2.03. The number of carbonyl (C=O) groups is 1. The van der Waals surface area contributed by atoms with Crippen molar-refractivity contribution in [2.75, 3.05) is 7.11 Å². The summed E-state index contributed by atoms with van der Waals surface area (Å²) in [7, 11) is 0.995. The van der Waals surface area contributed by atoms with Gasteiger partial charge in [0.15, 0.2) is 0 Å². The van der Waals surface area contributed by atoms with Gasteiger partial charge in [0.1, 0.15) is 0 Å². The number of hydrogen-bond acceptors (Lipinski definition) is 2. The van der Waals surface area contributed by atoms with Gasteiger partial charge in [0.2, 0.25) is 0 Å². The van der Waals surface area contributed by atoms with Gasteiger partial charge in [0, 0.05) is 9.84 Å². The van der Waals surface area contributed by atoms with E-state index in [-0.39, 0.29) is 0 Å². The van der Waals surface area contributed by atoms with E-state index in [2.05, 4.69) is 11.7 Å². The van der Waals surface area contributed by atoms with Crippen LogP contribution in [0.5, 0.6) is 0 Å². The third kappa shape index (κ3) is 8.76. The molecule has 0 spiro atoms. The predicted octanol–water partition coefficient (Wildman–Crippen LogP) is 5.13. The first-order valence-electron chi connectivity index (χ1n) is 6.90. The van der Waals surface area contributed by atoms with Crippen LogP contribution < -0.4 is 0 Å². The molecule has 0 aromatic carbocycles. The Labute approximate surface area is 128 Å².